The molecular formula is C54H67N13O7S2. The van der Waals surface area contributed by atoms with E-state index >= 15 is 0 Å². The number of likely N-dealkylation sites (tertiary alicyclic amines) is 1. The lowest BCUT2D eigenvalue weighted by Gasteiger charge is -2.30. The van der Waals surface area contributed by atoms with Crippen LogP contribution < -0.4 is 15.4 Å². The third-order valence-corrected chi connectivity index (χ3v) is 17.2. The maximum atomic E-state index is 14.3. The number of nitrogens with two attached hydrogens (primary N) is 1. The summed E-state index contributed by atoms with van der Waals surface area (Å²) in [6.45, 7) is 13.9. The van der Waals surface area contributed by atoms with Crippen LogP contribution in [0.5, 0.6) is 5.88 Å². The number of hydrogen-bond acceptors (Lipinski definition) is 20. The third-order valence-electron chi connectivity index (χ3n) is 15.1. The lowest BCUT2D eigenvalue weighted by molar-refractivity contribution is -0.142. The molecule has 1 aromatic carbocycles. The number of anilines is 2. The van der Waals surface area contributed by atoms with Crippen LogP contribution in [0.15, 0.2) is 52.8 Å². The fourth-order valence-corrected chi connectivity index (χ4v) is 13.2. The largest absolute Gasteiger partial charge is 0.475 e. The van der Waals surface area contributed by atoms with E-state index in [1.54, 1.807) is 29.8 Å². The number of aliphatic hydroxyl groups excluding tert-OH is 1. The Hall–Kier alpha value is -6.67. The summed E-state index contributed by atoms with van der Waals surface area (Å²) in [6.07, 6.45) is 8.72. The van der Waals surface area contributed by atoms with Gasteiger partial charge in [0, 0.05) is 55.2 Å². The highest BCUT2D eigenvalue weighted by Gasteiger charge is 2.44. The van der Waals surface area contributed by atoms with Gasteiger partial charge in [0.25, 0.3) is 5.88 Å². The molecule has 3 aliphatic rings. The number of rotatable bonds is 20. The van der Waals surface area contributed by atoms with E-state index in [-0.39, 0.29) is 49.0 Å². The summed E-state index contributed by atoms with van der Waals surface area (Å²) < 4.78 is 18.6. The average Bonchev–Trinajstić information content (AvgIpc) is 4.30. The van der Waals surface area contributed by atoms with Crippen molar-refractivity contribution in [1.29, 1.82) is 5.26 Å². The molecule has 0 spiro atoms. The van der Waals surface area contributed by atoms with E-state index in [0.29, 0.717) is 59.3 Å². The number of ketones is 1. The van der Waals surface area contributed by atoms with Crippen LogP contribution >= 0.6 is 22.7 Å². The number of fused-ring (bicyclic) bond motifs is 1. The molecule has 9 rings (SSSR count). The first-order valence-electron chi connectivity index (χ1n) is 26.3. The number of benzene rings is 1. The number of aromatic nitrogens is 8. The van der Waals surface area contributed by atoms with Crippen molar-refractivity contribution in [2.45, 2.75) is 134 Å². The number of nitrogen functional groups attached to an aromatic ring is 1. The van der Waals surface area contributed by atoms with Crippen LogP contribution in [0.1, 0.15) is 131 Å². The Morgan fingerprint density at radius 2 is 1.88 bits per heavy atom. The number of carbonyl (C=O) groups excluding carboxylic acids is 3. The van der Waals surface area contributed by atoms with Crippen LogP contribution in [0.3, 0.4) is 0 Å². The Balaban J connectivity index is 0.740. The Morgan fingerprint density at radius 1 is 1.07 bits per heavy atom. The molecule has 402 valence electrons. The van der Waals surface area contributed by atoms with Crippen LogP contribution in [0.25, 0.3) is 22.0 Å². The molecule has 2 aliphatic heterocycles. The van der Waals surface area contributed by atoms with Crippen LogP contribution in [0.2, 0.25) is 0 Å². The predicted octanol–water partition coefficient (Wildman–Crippen LogP) is 7.32. The van der Waals surface area contributed by atoms with E-state index in [2.05, 4.69) is 48.2 Å². The van der Waals surface area contributed by atoms with Crippen molar-refractivity contribution < 1.29 is 33.5 Å². The highest BCUT2D eigenvalue weighted by Crippen LogP contribution is 2.48. The monoisotopic (exact) mass is 1070 g/mol. The number of aryl methyl sites for hydroxylation is 2. The molecule has 2 saturated heterocycles. The minimum atomic E-state index is -0.848. The summed E-state index contributed by atoms with van der Waals surface area (Å²) in [7, 11) is 1.36. The molecule has 76 heavy (non-hydrogen) atoms. The number of carbonyl (C=O) groups is 3. The third kappa shape index (κ3) is 11.5. The molecule has 1 unspecified atom stereocenters. The summed E-state index contributed by atoms with van der Waals surface area (Å²) in [6, 6.07) is 10.4. The van der Waals surface area contributed by atoms with E-state index in [0.717, 1.165) is 96.8 Å². The van der Waals surface area contributed by atoms with E-state index in [1.165, 1.54) is 28.0 Å². The number of Topliss-reactive ketones (excluding diaryl/α,β-unsaturated/α-hetero) is 1. The van der Waals surface area contributed by atoms with Gasteiger partial charge in [-0.25, -0.2) is 19.6 Å². The Bertz CT molecular complexity index is 3040. The smallest absolute Gasteiger partial charge is 0.313 e. The van der Waals surface area contributed by atoms with E-state index in [4.69, 9.17) is 29.7 Å². The van der Waals surface area contributed by atoms with Gasteiger partial charge in [0.2, 0.25) is 23.6 Å². The van der Waals surface area contributed by atoms with E-state index in [1.807, 2.05) is 57.5 Å². The second-order valence-electron chi connectivity index (χ2n) is 20.8. The first-order chi connectivity index (χ1) is 36.7. The predicted molar refractivity (Wildman–Crippen MR) is 287 cm³/mol. The Morgan fingerprint density at radius 3 is 2.63 bits per heavy atom. The van der Waals surface area contributed by atoms with Crippen molar-refractivity contribution >= 4 is 51.3 Å². The number of β-amino-alcohol motifs (C(OH)–C–C–N with tert-alkyl or cyclic N) is 1. The van der Waals surface area contributed by atoms with Crippen LogP contribution in [-0.2, 0) is 31.0 Å². The van der Waals surface area contributed by atoms with Gasteiger partial charge in [0.05, 0.1) is 65.0 Å². The molecule has 6 atom stereocenters. The van der Waals surface area contributed by atoms with Crippen molar-refractivity contribution in [3.63, 3.8) is 0 Å². The maximum Gasteiger partial charge on any atom is 0.313 e. The summed E-state index contributed by atoms with van der Waals surface area (Å²) in [4.78, 5) is 68.2. The molecule has 0 radical (unpaired) electrons. The number of ether oxygens (including phenoxy) is 2. The number of amides is 1. The first kappa shape index (κ1) is 54.1. The first-order valence-corrected chi connectivity index (χ1v) is 28.0. The van der Waals surface area contributed by atoms with Crippen LogP contribution in [-0.4, -0.2) is 137 Å². The molecule has 7 heterocycles. The number of thiophene rings is 1. The zero-order valence-corrected chi connectivity index (χ0v) is 45.7. The molecule has 0 saturated carbocycles. The van der Waals surface area contributed by atoms with Gasteiger partial charge >= 0.3 is 5.97 Å². The molecule has 2 fully saturated rings. The van der Waals surface area contributed by atoms with Crippen LogP contribution in [0, 0.1) is 24.2 Å². The molecule has 22 heteroatoms. The van der Waals surface area contributed by atoms with Crippen molar-refractivity contribution in [3.05, 3.63) is 81.4 Å². The normalized spacial score (nSPS) is 20.8. The maximum absolute atomic E-state index is 14.3. The standard InChI is InChI=1S/C54H67N13O7S2/c1-32(2)46(50(70)66-29-37(68)26-41(66)42(69)13-9-12-38(51(71)72-6)35-15-17-36(18-16-35)47-34(4)58-31-75-47)67-30-44(61-63-67)73-25-8-7-22-64-23-11-24-65(33(3)28-64)53-57-21-19-40(59-53)49-60-52(74-62-49)54(5)20-10-14-43-45(54)39(27-55)48(56)76-43/h15-19,21,30-33,37-38,41,46,68H,7-14,20,22-26,28-29,56H2,1-6H3/t33-,37+,38+,41-,46?,54-/m0/s1. The zero-order chi connectivity index (χ0) is 53.7. The lowest BCUT2D eigenvalue weighted by atomic mass is 9.72. The molecular weight excluding hydrogens is 1010 g/mol. The molecule has 20 nitrogen and oxygen atoms in total. The van der Waals surface area contributed by atoms with Crippen molar-refractivity contribution in [3.8, 4) is 33.9 Å². The number of nitriles is 1. The van der Waals surface area contributed by atoms with Gasteiger partial charge in [-0.15, -0.1) is 22.7 Å². The van der Waals surface area contributed by atoms with Gasteiger partial charge < -0.3 is 39.5 Å². The van der Waals surface area contributed by atoms with Gasteiger partial charge in [-0.05, 0) is 108 Å². The van der Waals surface area contributed by atoms with Crippen molar-refractivity contribution in [2.75, 3.05) is 57.1 Å². The number of thiazole rings is 1. The molecule has 6 aromatic rings. The fraction of sp³-hybridized carbons (Fsp3) is 0.537. The molecule has 1 aliphatic carbocycles. The number of hydrogen-bond donors (Lipinski definition) is 2. The van der Waals surface area contributed by atoms with Crippen LogP contribution in [0.4, 0.5) is 10.9 Å². The quantitative estimate of drug-likeness (QED) is 0.0560. The number of aliphatic hydroxyl groups is 1. The van der Waals surface area contributed by atoms with Crippen molar-refractivity contribution in [1.82, 2.24) is 49.9 Å². The number of esters is 1. The fourth-order valence-electron chi connectivity index (χ4n) is 11.2. The molecule has 0 bridgehead atoms. The average molecular weight is 1070 g/mol. The molecule has 3 N–H and O–H groups in total. The van der Waals surface area contributed by atoms with E-state index in [9.17, 15) is 24.8 Å². The van der Waals surface area contributed by atoms with Crippen molar-refractivity contribution in [2.24, 2.45) is 5.92 Å². The Kier molecular flexibility index (Phi) is 16.9. The summed E-state index contributed by atoms with van der Waals surface area (Å²) in [5.41, 5.74) is 12.2. The highest BCUT2D eigenvalue weighted by molar-refractivity contribution is 7.16. The second kappa shape index (κ2) is 23.7. The topological polar surface area (TPSA) is 258 Å². The highest BCUT2D eigenvalue weighted by atomic mass is 32.1. The van der Waals surface area contributed by atoms with Gasteiger partial charge in [0.15, 0.2) is 5.78 Å². The van der Waals surface area contributed by atoms with Gasteiger partial charge in [0.1, 0.15) is 22.8 Å². The molecule has 5 aromatic heterocycles. The minimum Gasteiger partial charge on any atom is -0.475 e. The number of unbranched alkanes of at least 4 members (excludes halogenated alkanes) is 1. The summed E-state index contributed by atoms with van der Waals surface area (Å²) in [5.74, 6) is 0.0956. The summed E-state index contributed by atoms with van der Waals surface area (Å²) >= 11 is 3.03. The molecule has 1 amide bonds. The van der Waals surface area contributed by atoms with E-state index < -0.39 is 29.5 Å². The Labute approximate surface area is 450 Å². The van der Waals surface area contributed by atoms with Gasteiger partial charge in [-0.1, -0.05) is 53.6 Å². The summed E-state index contributed by atoms with van der Waals surface area (Å²) in [5, 5.41) is 34.1. The van der Waals surface area contributed by atoms with Gasteiger partial charge in [-0.2, -0.15) is 10.2 Å². The zero-order valence-electron chi connectivity index (χ0n) is 44.1. The lowest BCUT2D eigenvalue weighted by Crippen LogP contribution is -2.45. The number of methoxy groups -OCH3 is 1. The number of nitrogens with zero attached hydrogens (tertiary/aromatic N) is 12. The van der Waals surface area contributed by atoms with Gasteiger partial charge in [-0.3, -0.25) is 14.4 Å². The minimum absolute atomic E-state index is 0.0325. The SMILES string of the molecule is COC(=O)[C@H](CCCC(=O)[C@@H]1C[C@@H](O)CN1C(=O)C(C(C)C)n1cc(OCCCCN2CCCN(c3nccc(-c4noc([C@@]5(C)CCCc6sc(N)c(C#N)c65)n4)n3)[C@@H](C)C2)nn1)c1ccc(-c2scnc2C)cc1. The second-order valence-corrected chi connectivity index (χ2v) is 22.8.